The van der Waals surface area contributed by atoms with Crippen molar-refractivity contribution < 1.29 is 9.90 Å². The van der Waals surface area contributed by atoms with Gasteiger partial charge in [0, 0.05) is 23.7 Å². The summed E-state index contributed by atoms with van der Waals surface area (Å²) < 4.78 is 0. The van der Waals surface area contributed by atoms with Crippen LogP contribution in [0.1, 0.15) is 61.9 Å². The van der Waals surface area contributed by atoms with Crippen LogP contribution in [-0.2, 0) is 0 Å². The Kier molecular flexibility index (Phi) is 6.01. The highest BCUT2D eigenvalue weighted by molar-refractivity contribution is 5.94. The topological polar surface area (TPSA) is 52.6 Å². The number of amides is 1. The number of nitrogens with one attached hydrogen (secondary N) is 1. The van der Waals surface area contributed by atoms with Crippen LogP contribution in [0, 0.1) is 17.8 Å². The Morgan fingerprint density at radius 2 is 1.92 bits per heavy atom. The van der Waals surface area contributed by atoms with Crippen LogP contribution in [0.15, 0.2) is 24.3 Å². The Morgan fingerprint density at radius 3 is 2.65 bits per heavy atom. The number of rotatable bonds is 3. The Bertz CT molecular complexity index is 677. The Balaban J connectivity index is 1.55. The normalized spacial score (nSPS) is 23.5. The maximum Gasteiger partial charge on any atom is 0.251 e. The molecule has 0 radical (unpaired) electrons. The van der Waals surface area contributed by atoms with E-state index in [9.17, 15) is 9.90 Å². The molecule has 0 spiro atoms. The number of fused-ring (bicyclic) bond motifs is 1. The molecule has 1 aromatic carbocycles. The number of piperidine rings is 2. The van der Waals surface area contributed by atoms with Crippen LogP contribution in [0.4, 0.5) is 0 Å². The zero-order valence-electron chi connectivity index (χ0n) is 15.9. The van der Waals surface area contributed by atoms with Crippen LogP contribution >= 0.6 is 0 Å². The molecule has 140 valence electrons. The number of nitrogens with zero attached hydrogens (tertiary/aromatic N) is 1. The Hall–Kier alpha value is -1.83. The molecular weight excluding hydrogens is 324 g/mol. The third kappa shape index (κ3) is 5.09. The van der Waals surface area contributed by atoms with E-state index in [-0.39, 0.29) is 5.91 Å². The molecule has 1 amide bonds. The predicted molar refractivity (Wildman–Crippen MR) is 104 cm³/mol. The number of benzene rings is 1. The van der Waals surface area contributed by atoms with Crippen LogP contribution in [-0.4, -0.2) is 47.2 Å². The molecule has 2 aliphatic rings. The van der Waals surface area contributed by atoms with Gasteiger partial charge in [0.05, 0.1) is 0 Å². The minimum absolute atomic E-state index is 0.0140. The van der Waals surface area contributed by atoms with Crippen molar-refractivity contribution in [1.82, 2.24) is 10.2 Å². The lowest BCUT2D eigenvalue weighted by molar-refractivity contribution is 0.0575. The summed E-state index contributed by atoms with van der Waals surface area (Å²) in [6.07, 6.45) is 6.37. The van der Waals surface area contributed by atoms with Gasteiger partial charge in [-0.1, -0.05) is 18.3 Å². The van der Waals surface area contributed by atoms with Gasteiger partial charge in [-0.2, -0.15) is 0 Å². The van der Waals surface area contributed by atoms with Gasteiger partial charge in [-0.25, -0.2) is 0 Å². The summed E-state index contributed by atoms with van der Waals surface area (Å²) in [6, 6.07) is 7.92. The summed E-state index contributed by atoms with van der Waals surface area (Å²) in [5.74, 6) is 6.27. The highest BCUT2D eigenvalue weighted by atomic mass is 16.3. The number of hydrogen-bond acceptors (Lipinski definition) is 3. The fraction of sp³-hybridized carbons (Fsp3) is 0.591. The first kappa shape index (κ1) is 18.9. The van der Waals surface area contributed by atoms with Crippen LogP contribution < -0.4 is 5.32 Å². The molecule has 4 nitrogen and oxygen atoms in total. The second kappa shape index (κ2) is 8.24. The Morgan fingerprint density at radius 1 is 1.19 bits per heavy atom. The van der Waals surface area contributed by atoms with Crippen molar-refractivity contribution in [2.24, 2.45) is 5.92 Å². The highest BCUT2D eigenvalue weighted by Gasteiger charge is 2.32. The van der Waals surface area contributed by atoms with Crippen molar-refractivity contribution in [2.75, 3.05) is 19.6 Å². The minimum atomic E-state index is -1.01. The number of aliphatic hydroxyl groups is 1. The average Bonchev–Trinajstić information content (AvgIpc) is 2.64. The highest BCUT2D eigenvalue weighted by Crippen LogP contribution is 2.30. The second-order valence-corrected chi connectivity index (χ2v) is 8.10. The molecule has 26 heavy (non-hydrogen) atoms. The number of hydrogen-bond donors (Lipinski definition) is 2. The Labute approximate surface area is 157 Å². The van der Waals surface area contributed by atoms with E-state index >= 15 is 0 Å². The van der Waals surface area contributed by atoms with Crippen LogP contribution in [0.25, 0.3) is 0 Å². The van der Waals surface area contributed by atoms with Gasteiger partial charge in [-0.05, 0) is 82.8 Å². The van der Waals surface area contributed by atoms with Gasteiger partial charge in [0.1, 0.15) is 5.60 Å². The summed E-state index contributed by atoms with van der Waals surface area (Å²) in [5, 5.41) is 12.8. The van der Waals surface area contributed by atoms with Crippen molar-refractivity contribution in [3.05, 3.63) is 35.4 Å². The lowest BCUT2D eigenvalue weighted by Gasteiger charge is -2.44. The molecule has 2 fully saturated rings. The minimum Gasteiger partial charge on any atom is -0.378 e. The van der Waals surface area contributed by atoms with E-state index in [2.05, 4.69) is 22.1 Å². The largest absolute Gasteiger partial charge is 0.378 e. The molecule has 2 saturated heterocycles. The van der Waals surface area contributed by atoms with Gasteiger partial charge < -0.3 is 15.3 Å². The van der Waals surface area contributed by atoms with Gasteiger partial charge in [-0.3, -0.25) is 4.79 Å². The van der Waals surface area contributed by atoms with Crippen LogP contribution in [0.3, 0.4) is 0 Å². The summed E-state index contributed by atoms with van der Waals surface area (Å²) in [6.45, 7) is 6.52. The van der Waals surface area contributed by atoms with Crippen molar-refractivity contribution >= 4 is 5.91 Å². The molecule has 2 heterocycles. The lowest BCUT2D eigenvalue weighted by Crippen LogP contribution is -2.51. The molecule has 0 aliphatic carbocycles. The van der Waals surface area contributed by atoms with E-state index in [0.29, 0.717) is 17.5 Å². The van der Waals surface area contributed by atoms with E-state index in [4.69, 9.17) is 0 Å². The monoisotopic (exact) mass is 354 g/mol. The predicted octanol–water partition coefficient (Wildman–Crippen LogP) is 2.80. The van der Waals surface area contributed by atoms with Crippen molar-refractivity contribution in [2.45, 2.75) is 57.6 Å². The first-order chi connectivity index (χ1) is 12.4. The molecule has 1 aromatic rings. The third-order valence-corrected chi connectivity index (χ3v) is 5.41. The molecule has 0 unspecified atom stereocenters. The van der Waals surface area contributed by atoms with E-state index in [1.165, 1.54) is 45.2 Å². The summed E-state index contributed by atoms with van der Waals surface area (Å²) in [5.41, 5.74) is 0.451. The second-order valence-electron chi connectivity index (χ2n) is 8.10. The van der Waals surface area contributed by atoms with Gasteiger partial charge >= 0.3 is 0 Å². The first-order valence-corrected chi connectivity index (χ1v) is 9.80. The van der Waals surface area contributed by atoms with Crippen molar-refractivity contribution in [3.63, 3.8) is 0 Å². The maximum atomic E-state index is 12.5. The van der Waals surface area contributed by atoms with Gasteiger partial charge in [0.25, 0.3) is 5.91 Å². The molecular formula is C22H30N2O2. The number of carbonyl (C=O) groups is 1. The fourth-order valence-corrected chi connectivity index (χ4v) is 4.07. The SMILES string of the molecule is CC(C)(O)C#Cc1ccc(C(=O)NC[C@@H]2CCCN3CCCC[C@H]23)cc1. The molecule has 2 atom stereocenters. The van der Waals surface area contributed by atoms with Crippen molar-refractivity contribution in [3.8, 4) is 11.8 Å². The average molecular weight is 354 g/mol. The molecule has 0 aromatic heterocycles. The molecule has 2 aliphatic heterocycles. The van der Waals surface area contributed by atoms with Crippen LogP contribution in [0.5, 0.6) is 0 Å². The van der Waals surface area contributed by atoms with E-state index < -0.39 is 5.60 Å². The standard InChI is InChI=1S/C22H30N2O2/c1-22(2,26)13-12-17-8-10-18(11-9-17)21(25)23-16-19-6-5-15-24-14-4-3-7-20(19)24/h8-11,19-20,26H,3-7,14-16H2,1-2H3,(H,23,25)/t19-,20+/m0/s1. The molecule has 0 saturated carbocycles. The number of carbonyl (C=O) groups excluding carboxylic acids is 1. The zero-order chi connectivity index (χ0) is 18.6. The van der Waals surface area contributed by atoms with Crippen LogP contribution in [0.2, 0.25) is 0 Å². The zero-order valence-corrected chi connectivity index (χ0v) is 15.9. The maximum absolute atomic E-state index is 12.5. The molecule has 2 N–H and O–H groups in total. The van der Waals surface area contributed by atoms with Gasteiger partial charge in [0.15, 0.2) is 0 Å². The van der Waals surface area contributed by atoms with Gasteiger partial charge in [-0.15, -0.1) is 0 Å². The third-order valence-electron chi connectivity index (χ3n) is 5.41. The summed E-state index contributed by atoms with van der Waals surface area (Å²) >= 11 is 0. The van der Waals surface area contributed by atoms with E-state index in [1.54, 1.807) is 26.0 Å². The summed E-state index contributed by atoms with van der Waals surface area (Å²) in [7, 11) is 0. The molecule has 0 bridgehead atoms. The van der Waals surface area contributed by atoms with Gasteiger partial charge in [0.2, 0.25) is 0 Å². The fourth-order valence-electron chi connectivity index (χ4n) is 4.07. The van der Waals surface area contributed by atoms with E-state index in [1.807, 2.05) is 12.1 Å². The molecule has 3 rings (SSSR count). The smallest absolute Gasteiger partial charge is 0.251 e. The van der Waals surface area contributed by atoms with Crippen molar-refractivity contribution in [1.29, 1.82) is 0 Å². The van der Waals surface area contributed by atoms with E-state index in [0.717, 1.165) is 12.1 Å². The molecule has 4 heteroatoms. The quantitative estimate of drug-likeness (QED) is 0.821. The first-order valence-electron chi connectivity index (χ1n) is 9.80. The summed E-state index contributed by atoms with van der Waals surface area (Å²) in [4.78, 5) is 15.1. The lowest BCUT2D eigenvalue weighted by atomic mass is 9.83.